The van der Waals surface area contributed by atoms with E-state index < -0.39 is 11.4 Å². The number of benzene rings is 3. The van der Waals surface area contributed by atoms with Gasteiger partial charge in [0.15, 0.2) is 0 Å². The number of carboxylic acid groups (broad SMARTS) is 1. The minimum atomic E-state index is -1.07. The number of rotatable bonds is 9. The molecule has 0 radical (unpaired) electrons. The van der Waals surface area contributed by atoms with Crippen LogP contribution in [0.2, 0.25) is 0 Å². The second kappa shape index (κ2) is 16.6. The fourth-order valence-corrected chi connectivity index (χ4v) is 7.05. The van der Waals surface area contributed by atoms with Gasteiger partial charge in [-0.1, -0.05) is 24.3 Å². The number of fused-ring (bicyclic) bond motifs is 1. The molecule has 3 heterocycles. The van der Waals surface area contributed by atoms with Crippen LogP contribution >= 0.6 is 24.8 Å². The third-order valence-corrected chi connectivity index (χ3v) is 9.95. The first kappa shape index (κ1) is 39.2. The number of hydrogen-bond acceptors (Lipinski definition) is 7. The van der Waals surface area contributed by atoms with Crippen LogP contribution in [0.1, 0.15) is 47.8 Å². The Morgan fingerprint density at radius 2 is 1.70 bits per heavy atom. The molecule has 2 fully saturated rings. The van der Waals surface area contributed by atoms with Crippen molar-refractivity contribution in [1.29, 1.82) is 0 Å². The summed E-state index contributed by atoms with van der Waals surface area (Å²) in [4.78, 5) is 46.1. The second-order valence-corrected chi connectivity index (χ2v) is 13.6. The molecular weight excluding hydrogens is 684 g/mol. The number of hydrogen-bond donors (Lipinski definition) is 3. The van der Waals surface area contributed by atoms with Gasteiger partial charge >= 0.3 is 5.97 Å². The minimum Gasteiger partial charge on any atom is -0.478 e. The minimum absolute atomic E-state index is 0. The van der Waals surface area contributed by atoms with Gasteiger partial charge in [0.25, 0.3) is 0 Å². The van der Waals surface area contributed by atoms with E-state index in [9.17, 15) is 23.9 Å². The van der Waals surface area contributed by atoms with E-state index in [1.54, 1.807) is 29.2 Å². The van der Waals surface area contributed by atoms with Crippen molar-refractivity contribution in [2.24, 2.45) is 0 Å². The largest absolute Gasteiger partial charge is 0.478 e. The molecule has 3 aliphatic rings. The first-order chi connectivity index (χ1) is 23.0. The first-order valence-corrected chi connectivity index (χ1v) is 16.6. The molecule has 4 atom stereocenters. The van der Waals surface area contributed by atoms with Gasteiger partial charge in [-0.2, -0.15) is 0 Å². The molecule has 3 aromatic rings. The summed E-state index contributed by atoms with van der Waals surface area (Å²) in [5, 5.41) is 15.8. The van der Waals surface area contributed by atoms with Crippen molar-refractivity contribution in [3.05, 3.63) is 94.8 Å². The standard InChI is InChI=1S/C37H44FN5O5.2ClH/c1-24-19-42(31(18-39-24)20-41-14-15-48-22-25(41)2)21-34(44)43-23-37(3,36(47)40-30-11-7-28(8-12-30)35(45)46)32-13-6-27(17-33(32)43)16-26-4-9-29(38)10-5-26;;/h4-13,17,24-25,31,39H,14-16,18-23H2,1-3H3,(H,40,47)(H,45,46);2*1H/t24-,25?,31-,37?;;/m1../s1. The second-order valence-electron chi connectivity index (χ2n) is 13.6. The number of nitrogens with zero attached hydrogens (tertiary/aromatic N) is 3. The summed E-state index contributed by atoms with van der Waals surface area (Å²) in [7, 11) is 0. The summed E-state index contributed by atoms with van der Waals surface area (Å²) in [6.07, 6.45) is 0.545. The van der Waals surface area contributed by atoms with Gasteiger partial charge in [-0.3, -0.25) is 19.4 Å². The Hall–Kier alpha value is -3.58. The fourth-order valence-electron chi connectivity index (χ4n) is 7.05. The van der Waals surface area contributed by atoms with E-state index in [1.165, 1.54) is 24.3 Å². The first-order valence-electron chi connectivity index (χ1n) is 16.6. The van der Waals surface area contributed by atoms with E-state index in [1.807, 2.05) is 25.1 Å². The quantitative estimate of drug-likeness (QED) is 0.294. The zero-order valence-corrected chi connectivity index (χ0v) is 30.2. The molecule has 10 nitrogen and oxygen atoms in total. The van der Waals surface area contributed by atoms with Gasteiger partial charge in [0.2, 0.25) is 11.8 Å². The number of ether oxygens (including phenoxy) is 1. The van der Waals surface area contributed by atoms with E-state index in [0.717, 1.165) is 42.9 Å². The van der Waals surface area contributed by atoms with Crippen molar-refractivity contribution in [1.82, 2.24) is 15.1 Å². The van der Waals surface area contributed by atoms with Gasteiger partial charge in [-0.25, -0.2) is 9.18 Å². The Morgan fingerprint density at radius 3 is 2.38 bits per heavy atom. The summed E-state index contributed by atoms with van der Waals surface area (Å²) in [5.41, 5.74) is 2.85. The average molecular weight is 731 g/mol. The van der Waals surface area contributed by atoms with E-state index in [4.69, 9.17) is 4.74 Å². The summed E-state index contributed by atoms with van der Waals surface area (Å²) < 4.78 is 19.2. The molecule has 3 aliphatic heterocycles. The van der Waals surface area contributed by atoms with Crippen molar-refractivity contribution in [3.8, 4) is 0 Å². The van der Waals surface area contributed by atoms with Crippen LogP contribution < -0.4 is 15.5 Å². The third-order valence-electron chi connectivity index (χ3n) is 9.95. The topological polar surface area (TPSA) is 114 Å². The van der Waals surface area contributed by atoms with Crippen molar-refractivity contribution >= 4 is 54.0 Å². The molecule has 13 heteroatoms. The average Bonchev–Trinajstić information content (AvgIpc) is 3.37. The summed E-state index contributed by atoms with van der Waals surface area (Å²) in [6, 6.07) is 18.9. The molecule has 0 bridgehead atoms. The lowest BCUT2D eigenvalue weighted by Crippen LogP contribution is -2.62. The van der Waals surface area contributed by atoms with Crippen molar-refractivity contribution in [3.63, 3.8) is 0 Å². The van der Waals surface area contributed by atoms with Gasteiger partial charge in [-0.15, -0.1) is 24.8 Å². The van der Waals surface area contributed by atoms with Crippen LogP contribution in [-0.2, 0) is 26.2 Å². The molecule has 2 saturated heterocycles. The molecule has 3 aromatic carbocycles. The zero-order valence-electron chi connectivity index (χ0n) is 28.6. The monoisotopic (exact) mass is 729 g/mol. The van der Waals surface area contributed by atoms with Gasteiger partial charge in [0, 0.05) is 62.2 Å². The van der Waals surface area contributed by atoms with E-state index in [0.29, 0.717) is 37.1 Å². The lowest BCUT2D eigenvalue weighted by Gasteiger charge is -2.43. The van der Waals surface area contributed by atoms with Crippen LogP contribution in [0.5, 0.6) is 0 Å². The van der Waals surface area contributed by atoms with Crippen molar-refractivity contribution in [2.45, 2.75) is 50.7 Å². The number of morpholine rings is 1. The molecule has 0 saturated carbocycles. The van der Waals surface area contributed by atoms with Crippen LogP contribution in [0, 0.1) is 5.82 Å². The zero-order chi connectivity index (χ0) is 34.0. The smallest absolute Gasteiger partial charge is 0.335 e. The molecule has 3 N–H and O–H groups in total. The molecular formula is C37H46Cl2FN5O5. The van der Waals surface area contributed by atoms with Crippen molar-refractivity contribution in [2.75, 3.05) is 62.7 Å². The van der Waals surface area contributed by atoms with Gasteiger partial charge in [0.05, 0.1) is 30.7 Å². The Morgan fingerprint density at radius 1 is 1.00 bits per heavy atom. The van der Waals surface area contributed by atoms with Gasteiger partial charge < -0.3 is 25.4 Å². The summed E-state index contributed by atoms with van der Waals surface area (Å²) in [6.45, 7) is 11.1. The highest BCUT2D eigenvalue weighted by atomic mass is 35.5. The molecule has 2 unspecified atom stereocenters. The molecule has 2 amide bonds. The SMILES string of the molecule is CC1COCCN1C[C@H]1CN[C@H](C)CN1CC(=O)N1CC(C)(C(=O)Nc2ccc(C(=O)O)cc2)c2ccc(Cc3ccc(F)cc3)cc21.Cl.Cl. The Bertz CT molecular complexity index is 1660. The molecule has 0 aliphatic carbocycles. The molecule has 0 aromatic heterocycles. The van der Waals surface area contributed by atoms with Crippen LogP contribution in [0.3, 0.4) is 0 Å². The van der Waals surface area contributed by atoms with Crippen LogP contribution in [0.4, 0.5) is 15.8 Å². The molecule has 50 heavy (non-hydrogen) atoms. The Kier molecular flexibility index (Phi) is 13.0. The van der Waals surface area contributed by atoms with Crippen LogP contribution in [-0.4, -0.2) is 103 Å². The highest BCUT2D eigenvalue weighted by molar-refractivity contribution is 6.07. The van der Waals surface area contributed by atoms with E-state index >= 15 is 0 Å². The Labute approximate surface area is 305 Å². The predicted octanol–water partition coefficient (Wildman–Crippen LogP) is 4.58. The number of carbonyl (C=O) groups is 3. The summed E-state index contributed by atoms with van der Waals surface area (Å²) in [5.74, 6) is -1.71. The molecule has 6 rings (SSSR count). The number of halogens is 3. The van der Waals surface area contributed by atoms with E-state index in [2.05, 4.69) is 34.3 Å². The maximum absolute atomic E-state index is 14.4. The lowest BCUT2D eigenvalue weighted by atomic mass is 9.83. The maximum atomic E-state index is 14.4. The molecule has 270 valence electrons. The summed E-state index contributed by atoms with van der Waals surface area (Å²) >= 11 is 0. The van der Waals surface area contributed by atoms with Crippen LogP contribution in [0.15, 0.2) is 66.7 Å². The number of nitrogens with one attached hydrogen (secondary N) is 2. The highest BCUT2D eigenvalue weighted by Gasteiger charge is 2.47. The number of amides is 2. The maximum Gasteiger partial charge on any atom is 0.335 e. The van der Waals surface area contributed by atoms with Gasteiger partial charge in [0.1, 0.15) is 5.82 Å². The number of carboxylic acids is 1. The van der Waals surface area contributed by atoms with Gasteiger partial charge in [-0.05, 0) is 86.3 Å². The number of carbonyl (C=O) groups excluding carboxylic acids is 2. The Balaban J connectivity index is 0.00000281. The number of anilines is 2. The number of aromatic carboxylic acids is 1. The van der Waals surface area contributed by atoms with Crippen LogP contribution in [0.25, 0.3) is 0 Å². The lowest BCUT2D eigenvalue weighted by molar-refractivity contribution is -0.122. The van der Waals surface area contributed by atoms with E-state index in [-0.39, 0.29) is 73.2 Å². The normalized spacial score (nSPS) is 23.7. The number of piperazine rings is 1. The third kappa shape index (κ3) is 8.65. The fraction of sp³-hybridized carbons (Fsp3) is 0.432. The van der Waals surface area contributed by atoms with Crippen molar-refractivity contribution < 1.29 is 28.6 Å². The predicted molar refractivity (Wildman–Crippen MR) is 197 cm³/mol. The molecule has 0 spiro atoms. The highest BCUT2D eigenvalue weighted by Crippen LogP contribution is 2.42.